The van der Waals surface area contributed by atoms with Crippen molar-refractivity contribution >= 4 is 11.6 Å². The standard InChI is InChI=1S/C23H26N4O/c1-16-11-13-19(14-12-16)22(28)25-24-17(2)23(3,4)21-15-20(26-27(21)5)18-9-7-6-8-10-18/h6-15H,1-5H3,(H,25,28)/b24-17+. The Kier molecular flexibility index (Phi) is 5.45. The average Bonchev–Trinajstić information content (AvgIpc) is 3.09. The van der Waals surface area contributed by atoms with Crippen molar-refractivity contribution in [3.05, 3.63) is 77.5 Å². The van der Waals surface area contributed by atoms with Crippen LogP contribution in [-0.4, -0.2) is 21.4 Å². The minimum Gasteiger partial charge on any atom is -0.271 e. The number of aryl methyl sites for hydroxylation is 2. The van der Waals surface area contributed by atoms with E-state index in [1.165, 1.54) is 0 Å². The van der Waals surface area contributed by atoms with E-state index < -0.39 is 5.41 Å². The van der Waals surface area contributed by atoms with E-state index in [0.717, 1.165) is 28.2 Å². The molecule has 0 atom stereocenters. The molecule has 0 bridgehead atoms. The van der Waals surface area contributed by atoms with Crippen LogP contribution in [0.3, 0.4) is 0 Å². The first-order chi connectivity index (χ1) is 13.3. The number of hydrogen-bond donors (Lipinski definition) is 1. The molecule has 0 aliphatic rings. The molecule has 5 nitrogen and oxygen atoms in total. The van der Waals surface area contributed by atoms with E-state index in [9.17, 15) is 4.79 Å². The number of hydrazone groups is 1. The van der Waals surface area contributed by atoms with Crippen molar-refractivity contribution in [1.82, 2.24) is 15.2 Å². The molecule has 1 heterocycles. The van der Waals surface area contributed by atoms with Crippen molar-refractivity contribution in [2.24, 2.45) is 12.1 Å². The van der Waals surface area contributed by atoms with Gasteiger partial charge in [0, 0.05) is 35.0 Å². The Morgan fingerprint density at radius 1 is 1.07 bits per heavy atom. The maximum atomic E-state index is 12.3. The third-order valence-corrected chi connectivity index (χ3v) is 5.13. The number of amides is 1. The predicted octanol–water partition coefficient (Wildman–Crippen LogP) is 4.48. The monoisotopic (exact) mass is 374 g/mol. The maximum Gasteiger partial charge on any atom is 0.271 e. The van der Waals surface area contributed by atoms with E-state index in [2.05, 4.69) is 35.5 Å². The molecule has 0 saturated heterocycles. The number of carbonyl (C=O) groups is 1. The molecular weight excluding hydrogens is 348 g/mol. The number of carbonyl (C=O) groups excluding carboxylic acids is 1. The zero-order chi connectivity index (χ0) is 20.3. The Labute approximate surface area is 166 Å². The average molecular weight is 374 g/mol. The molecule has 1 N–H and O–H groups in total. The summed E-state index contributed by atoms with van der Waals surface area (Å²) in [5, 5.41) is 9.02. The van der Waals surface area contributed by atoms with Crippen molar-refractivity contribution in [3.8, 4) is 11.3 Å². The van der Waals surface area contributed by atoms with E-state index in [1.54, 1.807) is 12.1 Å². The van der Waals surface area contributed by atoms with Gasteiger partial charge < -0.3 is 0 Å². The molecule has 0 aliphatic heterocycles. The fourth-order valence-electron chi connectivity index (χ4n) is 3.03. The summed E-state index contributed by atoms with van der Waals surface area (Å²) in [6, 6.07) is 19.6. The molecule has 0 unspecified atom stereocenters. The summed E-state index contributed by atoms with van der Waals surface area (Å²) >= 11 is 0. The zero-order valence-electron chi connectivity index (χ0n) is 17.0. The summed E-state index contributed by atoms with van der Waals surface area (Å²) in [5.74, 6) is -0.217. The Morgan fingerprint density at radius 3 is 2.36 bits per heavy atom. The normalized spacial score (nSPS) is 12.1. The largest absolute Gasteiger partial charge is 0.271 e. The molecule has 28 heavy (non-hydrogen) atoms. The Hall–Kier alpha value is -3.21. The van der Waals surface area contributed by atoms with E-state index in [1.807, 2.05) is 68.0 Å². The van der Waals surface area contributed by atoms with Gasteiger partial charge in [0.25, 0.3) is 5.91 Å². The highest BCUT2D eigenvalue weighted by molar-refractivity contribution is 5.97. The van der Waals surface area contributed by atoms with Gasteiger partial charge in [-0.15, -0.1) is 0 Å². The molecule has 2 aromatic carbocycles. The number of nitrogens with one attached hydrogen (secondary N) is 1. The topological polar surface area (TPSA) is 59.3 Å². The molecule has 0 spiro atoms. The molecule has 144 valence electrons. The van der Waals surface area contributed by atoms with Crippen LogP contribution in [0, 0.1) is 6.92 Å². The number of hydrogen-bond acceptors (Lipinski definition) is 3. The molecule has 5 heteroatoms. The maximum absolute atomic E-state index is 12.3. The summed E-state index contributed by atoms with van der Waals surface area (Å²) in [6.45, 7) is 8.07. The predicted molar refractivity (Wildman–Crippen MR) is 113 cm³/mol. The molecule has 0 radical (unpaired) electrons. The zero-order valence-corrected chi connectivity index (χ0v) is 17.0. The lowest BCUT2D eigenvalue weighted by atomic mass is 9.84. The van der Waals surface area contributed by atoms with Crippen LogP contribution in [0.5, 0.6) is 0 Å². The Bertz CT molecular complexity index is 999. The van der Waals surface area contributed by atoms with Crippen LogP contribution in [0.2, 0.25) is 0 Å². The van der Waals surface area contributed by atoms with Gasteiger partial charge in [0.15, 0.2) is 0 Å². The summed E-state index contributed by atoms with van der Waals surface area (Å²) < 4.78 is 1.88. The fraction of sp³-hybridized carbons (Fsp3) is 0.261. The first kappa shape index (κ1) is 19.5. The molecule has 1 amide bonds. The van der Waals surface area contributed by atoms with Gasteiger partial charge in [-0.3, -0.25) is 9.48 Å². The quantitative estimate of drug-likeness (QED) is 0.529. The Balaban J connectivity index is 1.81. The fourth-order valence-corrected chi connectivity index (χ4v) is 3.03. The molecule has 3 aromatic rings. The van der Waals surface area contributed by atoms with Gasteiger partial charge in [-0.2, -0.15) is 10.2 Å². The molecule has 0 aliphatic carbocycles. The minimum atomic E-state index is -0.394. The first-order valence-electron chi connectivity index (χ1n) is 9.31. The highest BCUT2D eigenvalue weighted by Crippen LogP contribution is 2.28. The van der Waals surface area contributed by atoms with Gasteiger partial charge in [0.2, 0.25) is 0 Å². The van der Waals surface area contributed by atoms with Crippen molar-refractivity contribution in [3.63, 3.8) is 0 Å². The molecule has 0 saturated carbocycles. The highest BCUT2D eigenvalue weighted by Gasteiger charge is 2.29. The summed E-state index contributed by atoms with van der Waals surface area (Å²) in [6.07, 6.45) is 0. The highest BCUT2D eigenvalue weighted by atomic mass is 16.2. The van der Waals surface area contributed by atoms with E-state index in [4.69, 9.17) is 0 Å². The van der Waals surface area contributed by atoms with Crippen LogP contribution in [-0.2, 0) is 12.5 Å². The second-order valence-corrected chi connectivity index (χ2v) is 7.53. The van der Waals surface area contributed by atoms with Crippen LogP contribution in [0.4, 0.5) is 0 Å². The van der Waals surface area contributed by atoms with Gasteiger partial charge in [0.1, 0.15) is 0 Å². The third kappa shape index (κ3) is 4.03. The van der Waals surface area contributed by atoms with Crippen LogP contribution < -0.4 is 5.43 Å². The first-order valence-corrected chi connectivity index (χ1v) is 9.31. The molecule has 0 fully saturated rings. The van der Waals surface area contributed by atoms with Crippen molar-refractivity contribution in [2.75, 3.05) is 0 Å². The van der Waals surface area contributed by atoms with Crippen LogP contribution >= 0.6 is 0 Å². The van der Waals surface area contributed by atoms with Gasteiger partial charge in [-0.05, 0) is 45.9 Å². The summed E-state index contributed by atoms with van der Waals surface area (Å²) in [7, 11) is 1.93. The lowest BCUT2D eigenvalue weighted by Gasteiger charge is -2.24. The third-order valence-electron chi connectivity index (χ3n) is 5.13. The summed E-state index contributed by atoms with van der Waals surface area (Å²) in [5.41, 5.74) is 7.80. The SMILES string of the molecule is C/C(=N\NC(=O)c1ccc(C)cc1)C(C)(C)c1cc(-c2ccccc2)nn1C. The lowest BCUT2D eigenvalue weighted by molar-refractivity contribution is 0.0954. The van der Waals surface area contributed by atoms with E-state index in [0.29, 0.717) is 5.56 Å². The van der Waals surface area contributed by atoms with Gasteiger partial charge in [0.05, 0.1) is 5.69 Å². The second-order valence-electron chi connectivity index (χ2n) is 7.53. The van der Waals surface area contributed by atoms with Crippen LogP contribution in [0.15, 0.2) is 65.8 Å². The van der Waals surface area contributed by atoms with Crippen LogP contribution in [0.25, 0.3) is 11.3 Å². The molecule has 1 aromatic heterocycles. The number of rotatable bonds is 5. The molecular formula is C23H26N4O. The van der Waals surface area contributed by atoms with E-state index >= 15 is 0 Å². The van der Waals surface area contributed by atoms with Crippen molar-refractivity contribution in [1.29, 1.82) is 0 Å². The second kappa shape index (κ2) is 7.80. The smallest absolute Gasteiger partial charge is 0.271 e. The van der Waals surface area contributed by atoms with Gasteiger partial charge in [-0.25, -0.2) is 5.43 Å². The van der Waals surface area contributed by atoms with Crippen LogP contribution in [0.1, 0.15) is 42.4 Å². The van der Waals surface area contributed by atoms with Gasteiger partial charge >= 0.3 is 0 Å². The van der Waals surface area contributed by atoms with Crippen molar-refractivity contribution < 1.29 is 4.79 Å². The lowest BCUT2D eigenvalue weighted by Crippen LogP contribution is -2.32. The number of nitrogens with zero attached hydrogens (tertiary/aromatic N) is 3. The Morgan fingerprint density at radius 2 is 1.71 bits per heavy atom. The van der Waals surface area contributed by atoms with Gasteiger partial charge in [-0.1, -0.05) is 48.0 Å². The molecule has 3 rings (SSSR count). The van der Waals surface area contributed by atoms with Crippen molar-refractivity contribution in [2.45, 2.75) is 33.1 Å². The number of aromatic nitrogens is 2. The van der Waals surface area contributed by atoms with E-state index in [-0.39, 0.29) is 5.91 Å². The summed E-state index contributed by atoms with van der Waals surface area (Å²) in [4.78, 5) is 12.3. The number of benzene rings is 2. The minimum absolute atomic E-state index is 0.217.